The summed E-state index contributed by atoms with van der Waals surface area (Å²) in [5.74, 6) is 1.79. The van der Waals surface area contributed by atoms with E-state index in [9.17, 15) is 8.42 Å². The van der Waals surface area contributed by atoms with Crippen LogP contribution in [0.1, 0.15) is 26.6 Å². The van der Waals surface area contributed by atoms with Crippen LogP contribution in [0.5, 0.6) is 0 Å². The first kappa shape index (κ1) is 18.4. The van der Waals surface area contributed by atoms with Crippen molar-refractivity contribution in [3.63, 3.8) is 0 Å². The van der Waals surface area contributed by atoms with Gasteiger partial charge in [0.25, 0.3) is 0 Å². The van der Waals surface area contributed by atoms with Gasteiger partial charge < -0.3 is 4.57 Å². The third-order valence-electron chi connectivity index (χ3n) is 5.08. The normalized spacial score (nSPS) is 22.3. The minimum atomic E-state index is -3.20. The minimum Gasteiger partial charge on any atom is -0.327 e. The number of rotatable bonds is 6. The Labute approximate surface area is 150 Å². The maximum absolute atomic E-state index is 11.7. The quantitative estimate of drug-likeness (QED) is 0.852. The predicted octanol–water partition coefficient (Wildman–Crippen LogP) is 2.06. The number of fused-ring (bicyclic) bond motifs is 1. The van der Waals surface area contributed by atoms with Crippen LogP contribution in [0, 0.1) is 11.8 Å². The van der Waals surface area contributed by atoms with E-state index < -0.39 is 10.0 Å². The summed E-state index contributed by atoms with van der Waals surface area (Å²) in [7, 11) is -3.20. The molecule has 0 spiro atoms. The number of aromatic nitrogens is 2. The van der Waals surface area contributed by atoms with Gasteiger partial charge in [0, 0.05) is 25.7 Å². The molecule has 2 aromatic rings. The number of nitrogens with zero attached hydrogens (tertiary/aromatic N) is 3. The monoisotopic (exact) mass is 364 g/mol. The summed E-state index contributed by atoms with van der Waals surface area (Å²) in [6.45, 7) is 9.68. The predicted molar refractivity (Wildman–Crippen MR) is 101 cm³/mol. The van der Waals surface area contributed by atoms with Crippen molar-refractivity contribution in [1.82, 2.24) is 19.2 Å². The highest BCUT2D eigenvalue weighted by Gasteiger charge is 2.36. The van der Waals surface area contributed by atoms with Gasteiger partial charge in [-0.3, -0.25) is 4.90 Å². The van der Waals surface area contributed by atoms with Crippen molar-refractivity contribution in [2.75, 3.05) is 19.3 Å². The van der Waals surface area contributed by atoms with Crippen LogP contribution in [0.15, 0.2) is 24.3 Å². The Hall–Kier alpha value is -1.44. The Balaban J connectivity index is 1.81. The molecule has 6 nitrogen and oxygen atoms in total. The van der Waals surface area contributed by atoms with Crippen molar-refractivity contribution in [2.45, 2.75) is 39.9 Å². The average molecular weight is 365 g/mol. The van der Waals surface area contributed by atoms with E-state index in [1.165, 1.54) is 6.26 Å². The largest absolute Gasteiger partial charge is 0.327 e. The second-order valence-electron chi connectivity index (χ2n) is 7.36. The molecule has 1 aromatic carbocycles. The van der Waals surface area contributed by atoms with Crippen molar-refractivity contribution >= 4 is 21.1 Å². The molecule has 0 radical (unpaired) electrons. The van der Waals surface area contributed by atoms with Crippen molar-refractivity contribution < 1.29 is 8.42 Å². The van der Waals surface area contributed by atoms with Crippen molar-refractivity contribution in [2.24, 2.45) is 11.8 Å². The van der Waals surface area contributed by atoms with Crippen LogP contribution in [0.3, 0.4) is 0 Å². The first-order chi connectivity index (χ1) is 11.8. The molecular formula is C18H28N4O2S. The van der Waals surface area contributed by atoms with Crippen LogP contribution in [-0.4, -0.2) is 48.3 Å². The summed E-state index contributed by atoms with van der Waals surface area (Å²) in [4.78, 5) is 7.12. The van der Waals surface area contributed by atoms with E-state index in [1.807, 2.05) is 18.2 Å². The fourth-order valence-electron chi connectivity index (χ4n) is 3.92. The van der Waals surface area contributed by atoms with Gasteiger partial charge in [-0.2, -0.15) is 0 Å². The standard InChI is InChI=1S/C18H28N4O2S/c1-5-22-17-9-7-6-8-15(17)19-18(22)12-21-10-14(13(2)3)16(11-21)20-25(4,23)24/h6-9,13-14,16,20H,5,10-12H2,1-4H3/t14-,16+/m0/s1. The Morgan fingerprint density at radius 2 is 2.00 bits per heavy atom. The zero-order chi connectivity index (χ0) is 18.2. The van der Waals surface area contributed by atoms with E-state index in [1.54, 1.807) is 0 Å². The van der Waals surface area contributed by atoms with Crippen LogP contribution in [0.4, 0.5) is 0 Å². The molecule has 1 fully saturated rings. The molecule has 3 rings (SSSR count). The van der Waals surface area contributed by atoms with E-state index in [0.29, 0.717) is 11.8 Å². The van der Waals surface area contributed by atoms with E-state index in [2.05, 4.69) is 41.0 Å². The lowest BCUT2D eigenvalue weighted by Gasteiger charge is -2.21. The first-order valence-electron chi connectivity index (χ1n) is 8.92. The highest BCUT2D eigenvalue weighted by Crippen LogP contribution is 2.27. The van der Waals surface area contributed by atoms with Crippen molar-refractivity contribution in [3.05, 3.63) is 30.1 Å². The molecule has 2 atom stereocenters. The molecule has 138 valence electrons. The lowest BCUT2D eigenvalue weighted by Crippen LogP contribution is -2.41. The molecule has 0 amide bonds. The van der Waals surface area contributed by atoms with Gasteiger partial charge in [-0.25, -0.2) is 18.1 Å². The Morgan fingerprint density at radius 1 is 1.28 bits per heavy atom. The minimum absolute atomic E-state index is 0.0329. The van der Waals surface area contributed by atoms with Crippen LogP contribution in [0.2, 0.25) is 0 Å². The number of sulfonamides is 1. The van der Waals surface area contributed by atoms with Gasteiger partial charge in [0.15, 0.2) is 0 Å². The SMILES string of the molecule is CCn1c(CN2C[C@@H](NS(C)(=O)=O)[C@H](C(C)C)C2)nc2ccccc21. The Morgan fingerprint density at radius 3 is 2.64 bits per heavy atom. The molecule has 1 aliphatic rings. The van der Waals surface area contributed by atoms with Crippen LogP contribution in [-0.2, 0) is 23.1 Å². The number of imidazole rings is 1. The summed E-state index contributed by atoms with van der Waals surface area (Å²) in [5, 5.41) is 0. The van der Waals surface area contributed by atoms with E-state index in [-0.39, 0.29) is 6.04 Å². The summed E-state index contributed by atoms with van der Waals surface area (Å²) in [6, 6.07) is 8.16. The van der Waals surface area contributed by atoms with E-state index in [0.717, 1.165) is 43.0 Å². The Kier molecular flexibility index (Phi) is 5.18. The smallest absolute Gasteiger partial charge is 0.209 e. The van der Waals surface area contributed by atoms with Crippen LogP contribution in [0.25, 0.3) is 11.0 Å². The Bertz CT molecular complexity index is 844. The number of para-hydroxylation sites is 2. The topological polar surface area (TPSA) is 67.2 Å². The molecule has 7 heteroatoms. The molecule has 1 aliphatic heterocycles. The summed E-state index contributed by atoms with van der Waals surface area (Å²) in [5.41, 5.74) is 2.18. The molecule has 2 heterocycles. The van der Waals surface area contributed by atoms with Gasteiger partial charge in [-0.1, -0.05) is 26.0 Å². The highest BCUT2D eigenvalue weighted by molar-refractivity contribution is 7.88. The fraction of sp³-hybridized carbons (Fsp3) is 0.611. The second kappa shape index (κ2) is 7.05. The molecule has 25 heavy (non-hydrogen) atoms. The number of hydrogen-bond acceptors (Lipinski definition) is 4. The van der Waals surface area contributed by atoms with E-state index >= 15 is 0 Å². The van der Waals surface area contributed by atoms with Gasteiger partial charge in [0.05, 0.1) is 23.8 Å². The maximum atomic E-state index is 11.7. The molecular weight excluding hydrogens is 336 g/mol. The fourth-order valence-corrected chi connectivity index (χ4v) is 4.72. The lowest BCUT2D eigenvalue weighted by atomic mass is 9.92. The number of hydrogen-bond donors (Lipinski definition) is 1. The summed E-state index contributed by atoms with van der Waals surface area (Å²) < 4.78 is 28.5. The first-order valence-corrected chi connectivity index (χ1v) is 10.8. The van der Waals surface area contributed by atoms with Crippen LogP contribution < -0.4 is 4.72 Å². The zero-order valence-electron chi connectivity index (χ0n) is 15.4. The third kappa shape index (κ3) is 4.04. The number of nitrogens with one attached hydrogen (secondary N) is 1. The zero-order valence-corrected chi connectivity index (χ0v) is 16.3. The summed E-state index contributed by atoms with van der Waals surface area (Å²) >= 11 is 0. The molecule has 1 saturated heterocycles. The average Bonchev–Trinajstić information content (AvgIpc) is 3.06. The van der Waals surface area contributed by atoms with Crippen molar-refractivity contribution in [1.29, 1.82) is 0 Å². The maximum Gasteiger partial charge on any atom is 0.209 e. The summed E-state index contributed by atoms with van der Waals surface area (Å²) in [6.07, 6.45) is 1.24. The van der Waals surface area contributed by atoms with Crippen molar-refractivity contribution in [3.8, 4) is 0 Å². The highest BCUT2D eigenvalue weighted by atomic mass is 32.2. The van der Waals surface area contributed by atoms with Gasteiger partial charge >= 0.3 is 0 Å². The third-order valence-corrected chi connectivity index (χ3v) is 5.81. The molecule has 0 saturated carbocycles. The van der Waals surface area contributed by atoms with Gasteiger partial charge in [0.1, 0.15) is 5.82 Å². The number of likely N-dealkylation sites (tertiary alicyclic amines) is 1. The van der Waals surface area contributed by atoms with Gasteiger partial charge in [-0.05, 0) is 30.9 Å². The molecule has 0 bridgehead atoms. The number of aryl methyl sites for hydroxylation is 1. The van der Waals surface area contributed by atoms with Gasteiger partial charge in [-0.15, -0.1) is 0 Å². The molecule has 1 aromatic heterocycles. The lowest BCUT2D eigenvalue weighted by molar-refractivity contribution is 0.287. The number of benzene rings is 1. The van der Waals surface area contributed by atoms with Gasteiger partial charge in [0.2, 0.25) is 10.0 Å². The molecule has 1 N–H and O–H groups in total. The van der Waals surface area contributed by atoms with E-state index in [4.69, 9.17) is 4.98 Å². The molecule has 0 aliphatic carbocycles. The molecule has 0 unspecified atom stereocenters. The van der Waals surface area contributed by atoms with Crippen LogP contribution >= 0.6 is 0 Å². The second-order valence-corrected chi connectivity index (χ2v) is 9.14.